The van der Waals surface area contributed by atoms with Crippen LogP contribution in [-0.2, 0) is 0 Å². The van der Waals surface area contributed by atoms with Gasteiger partial charge in [0, 0.05) is 35.4 Å². The summed E-state index contributed by atoms with van der Waals surface area (Å²) >= 11 is 6.03. The fraction of sp³-hybridized carbons (Fsp3) is 0.625. The molecule has 0 aromatic heterocycles. The second-order valence-corrected chi connectivity index (χ2v) is 6.62. The zero-order valence-electron chi connectivity index (χ0n) is 12.0. The summed E-state index contributed by atoms with van der Waals surface area (Å²) in [6.45, 7) is 4.13. The lowest BCUT2D eigenvalue weighted by Gasteiger charge is -2.47. The molecule has 1 spiro atoms. The first kappa shape index (κ1) is 14.2. The van der Waals surface area contributed by atoms with Crippen LogP contribution < -0.4 is 10.2 Å². The molecule has 1 aromatic rings. The van der Waals surface area contributed by atoms with Gasteiger partial charge < -0.3 is 10.2 Å². The Kier molecular flexibility index (Phi) is 3.91. The molecule has 20 heavy (non-hydrogen) atoms. The molecule has 1 N–H and O–H groups in total. The second kappa shape index (κ2) is 5.53. The van der Waals surface area contributed by atoms with Gasteiger partial charge in [0.2, 0.25) is 0 Å². The maximum atomic E-state index is 13.7. The van der Waals surface area contributed by atoms with Crippen LogP contribution in [0.15, 0.2) is 18.2 Å². The van der Waals surface area contributed by atoms with Crippen LogP contribution in [0, 0.1) is 5.82 Å². The summed E-state index contributed by atoms with van der Waals surface area (Å²) in [4.78, 5) is 2.36. The van der Waals surface area contributed by atoms with Gasteiger partial charge >= 0.3 is 0 Å². The molecule has 4 heteroatoms. The molecule has 1 atom stereocenters. The van der Waals surface area contributed by atoms with Gasteiger partial charge in [0.05, 0.1) is 0 Å². The van der Waals surface area contributed by atoms with Crippen molar-refractivity contribution in [3.8, 4) is 0 Å². The molecule has 1 aliphatic heterocycles. The number of hydrogen-bond donors (Lipinski definition) is 1. The van der Waals surface area contributed by atoms with E-state index >= 15 is 0 Å². The van der Waals surface area contributed by atoms with E-state index in [-0.39, 0.29) is 11.4 Å². The summed E-state index contributed by atoms with van der Waals surface area (Å²) < 4.78 is 13.7. The molecule has 1 unspecified atom stereocenters. The number of nitrogens with one attached hydrogen (secondary N) is 1. The molecule has 0 radical (unpaired) electrons. The Morgan fingerprint density at radius 3 is 2.75 bits per heavy atom. The first-order chi connectivity index (χ1) is 9.62. The Morgan fingerprint density at radius 2 is 2.10 bits per heavy atom. The Hall–Kier alpha value is -0.800. The lowest BCUT2D eigenvalue weighted by molar-refractivity contribution is 0.267. The summed E-state index contributed by atoms with van der Waals surface area (Å²) in [5.41, 5.74) is 1.15. The van der Waals surface area contributed by atoms with E-state index in [0.717, 1.165) is 25.2 Å². The van der Waals surface area contributed by atoms with E-state index in [1.807, 2.05) is 6.07 Å². The van der Waals surface area contributed by atoms with Gasteiger partial charge in [-0.15, -0.1) is 0 Å². The van der Waals surface area contributed by atoms with Gasteiger partial charge in [-0.3, -0.25) is 0 Å². The van der Waals surface area contributed by atoms with Crippen LogP contribution in [0.5, 0.6) is 0 Å². The maximum absolute atomic E-state index is 13.7. The predicted octanol–water partition coefficient (Wildman–Crippen LogP) is 3.98. The fourth-order valence-electron chi connectivity index (χ4n) is 3.71. The average molecular weight is 297 g/mol. The smallest absolute Gasteiger partial charge is 0.126 e. The quantitative estimate of drug-likeness (QED) is 0.888. The molecule has 1 aromatic carbocycles. The Bertz CT molecular complexity index is 465. The van der Waals surface area contributed by atoms with E-state index < -0.39 is 0 Å². The molecule has 110 valence electrons. The van der Waals surface area contributed by atoms with Gasteiger partial charge in [-0.05, 0) is 37.5 Å². The highest BCUT2D eigenvalue weighted by Crippen LogP contribution is 2.36. The van der Waals surface area contributed by atoms with Crippen LogP contribution in [0.3, 0.4) is 0 Å². The molecule has 0 amide bonds. The van der Waals surface area contributed by atoms with Crippen LogP contribution in [0.1, 0.15) is 39.0 Å². The van der Waals surface area contributed by atoms with Crippen molar-refractivity contribution in [2.45, 2.75) is 50.6 Å². The Morgan fingerprint density at radius 1 is 1.35 bits per heavy atom. The van der Waals surface area contributed by atoms with Gasteiger partial charge in [0.1, 0.15) is 5.82 Å². The number of anilines is 1. The van der Waals surface area contributed by atoms with Crippen LogP contribution in [-0.4, -0.2) is 24.7 Å². The van der Waals surface area contributed by atoms with Crippen molar-refractivity contribution in [3.63, 3.8) is 0 Å². The van der Waals surface area contributed by atoms with Crippen LogP contribution >= 0.6 is 11.6 Å². The molecule has 2 nitrogen and oxygen atoms in total. The standard InChI is InChI=1S/C16H22ClFN2/c1-2-14-10-19-16(5-3-4-6-16)11-20(14)15-8-12(17)7-13(18)9-15/h7-9,14,19H,2-6,10-11H2,1H3. The number of piperazine rings is 1. The molecule has 1 saturated carbocycles. The third kappa shape index (κ3) is 2.66. The average Bonchev–Trinajstić information content (AvgIpc) is 2.86. The van der Waals surface area contributed by atoms with E-state index in [4.69, 9.17) is 11.6 Å². The maximum Gasteiger partial charge on any atom is 0.126 e. The van der Waals surface area contributed by atoms with Crippen LogP contribution in [0.25, 0.3) is 0 Å². The summed E-state index contributed by atoms with van der Waals surface area (Å²) in [7, 11) is 0. The van der Waals surface area contributed by atoms with E-state index in [1.165, 1.54) is 31.7 Å². The molecule has 2 aliphatic rings. The molecule has 2 fully saturated rings. The highest BCUT2D eigenvalue weighted by atomic mass is 35.5. The van der Waals surface area contributed by atoms with Gasteiger partial charge in [-0.2, -0.15) is 0 Å². The first-order valence-electron chi connectivity index (χ1n) is 7.60. The summed E-state index contributed by atoms with van der Waals surface area (Å²) in [6.07, 6.45) is 6.09. The zero-order chi connectivity index (χ0) is 14.2. The van der Waals surface area contributed by atoms with Crippen molar-refractivity contribution < 1.29 is 4.39 Å². The minimum absolute atomic E-state index is 0.227. The largest absolute Gasteiger partial charge is 0.365 e. The summed E-state index contributed by atoms with van der Waals surface area (Å²) in [5, 5.41) is 4.24. The van der Waals surface area contributed by atoms with Gasteiger partial charge in [-0.25, -0.2) is 4.39 Å². The second-order valence-electron chi connectivity index (χ2n) is 6.19. The van der Waals surface area contributed by atoms with Crippen molar-refractivity contribution >= 4 is 17.3 Å². The Balaban J connectivity index is 1.90. The highest BCUT2D eigenvalue weighted by Gasteiger charge is 2.40. The van der Waals surface area contributed by atoms with E-state index in [1.54, 1.807) is 6.07 Å². The van der Waals surface area contributed by atoms with E-state index in [9.17, 15) is 4.39 Å². The first-order valence-corrected chi connectivity index (χ1v) is 7.97. The molecular formula is C16H22ClFN2. The third-order valence-electron chi connectivity index (χ3n) is 4.84. The van der Waals surface area contributed by atoms with Crippen LogP contribution in [0.2, 0.25) is 5.02 Å². The number of halogens is 2. The molecule has 1 heterocycles. The number of benzene rings is 1. The molecule has 3 rings (SSSR count). The number of hydrogen-bond acceptors (Lipinski definition) is 2. The Labute approximate surface area is 125 Å². The zero-order valence-corrected chi connectivity index (χ0v) is 12.7. The van der Waals surface area contributed by atoms with Gasteiger partial charge in [0.25, 0.3) is 0 Å². The van der Waals surface area contributed by atoms with Crippen molar-refractivity contribution in [3.05, 3.63) is 29.0 Å². The lowest BCUT2D eigenvalue weighted by Crippen LogP contribution is -2.63. The minimum atomic E-state index is -0.249. The predicted molar refractivity (Wildman–Crippen MR) is 82.0 cm³/mol. The summed E-state index contributed by atoms with van der Waals surface area (Å²) in [6, 6.07) is 5.29. The summed E-state index contributed by atoms with van der Waals surface area (Å²) in [5.74, 6) is -0.249. The van der Waals surface area contributed by atoms with Crippen molar-refractivity contribution in [1.82, 2.24) is 5.32 Å². The molecule has 0 bridgehead atoms. The highest BCUT2D eigenvalue weighted by molar-refractivity contribution is 6.30. The van der Waals surface area contributed by atoms with E-state index in [2.05, 4.69) is 17.1 Å². The number of rotatable bonds is 2. The number of nitrogens with zero attached hydrogens (tertiary/aromatic N) is 1. The normalized spacial score (nSPS) is 25.4. The SMILES string of the molecule is CCC1CNC2(CCCC2)CN1c1cc(F)cc(Cl)c1. The lowest BCUT2D eigenvalue weighted by atomic mass is 9.91. The van der Waals surface area contributed by atoms with Gasteiger partial charge in [-0.1, -0.05) is 31.4 Å². The monoisotopic (exact) mass is 296 g/mol. The van der Waals surface area contributed by atoms with Crippen molar-refractivity contribution in [1.29, 1.82) is 0 Å². The molecule has 1 aliphatic carbocycles. The molecule has 1 saturated heterocycles. The van der Waals surface area contributed by atoms with Crippen molar-refractivity contribution in [2.24, 2.45) is 0 Å². The third-order valence-corrected chi connectivity index (χ3v) is 5.06. The van der Waals surface area contributed by atoms with Crippen molar-refractivity contribution in [2.75, 3.05) is 18.0 Å². The topological polar surface area (TPSA) is 15.3 Å². The molecular weight excluding hydrogens is 275 g/mol. The van der Waals surface area contributed by atoms with E-state index in [0.29, 0.717) is 11.1 Å². The van der Waals surface area contributed by atoms with Gasteiger partial charge in [0.15, 0.2) is 0 Å². The minimum Gasteiger partial charge on any atom is -0.365 e. The van der Waals surface area contributed by atoms with Crippen LogP contribution in [0.4, 0.5) is 10.1 Å². The fourth-order valence-corrected chi connectivity index (χ4v) is 3.93.